The van der Waals surface area contributed by atoms with Crippen LogP contribution >= 0.6 is 0 Å². The maximum atomic E-state index is 6.07. The van der Waals surface area contributed by atoms with Crippen molar-refractivity contribution in [3.05, 3.63) is 30.1 Å². The van der Waals surface area contributed by atoms with Gasteiger partial charge in [0.25, 0.3) is 0 Å². The van der Waals surface area contributed by atoms with Crippen LogP contribution in [-0.2, 0) is 0 Å². The summed E-state index contributed by atoms with van der Waals surface area (Å²) in [5.41, 5.74) is 8.12. The predicted molar refractivity (Wildman–Crippen MR) is 62.5 cm³/mol. The third-order valence-corrected chi connectivity index (χ3v) is 2.48. The van der Waals surface area contributed by atoms with E-state index < -0.39 is 0 Å². The van der Waals surface area contributed by atoms with Gasteiger partial charge in [0.1, 0.15) is 5.82 Å². The Balaban J connectivity index is 2.28. The molecule has 15 heavy (non-hydrogen) atoms. The van der Waals surface area contributed by atoms with Crippen LogP contribution in [0.3, 0.4) is 0 Å². The number of rotatable bonds is 3. The van der Waals surface area contributed by atoms with Gasteiger partial charge in [-0.1, -0.05) is 26.0 Å². The zero-order valence-corrected chi connectivity index (χ0v) is 9.20. The molecule has 1 heterocycles. The highest BCUT2D eigenvalue weighted by Crippen LogP contribution is 2.19. The Morgan fingerprint density at radius 3 is 2.73 bits per heavy atom. The van der Waals surface area contributed by atoms with Crippen LogP contribution in [-0.4, -0.2) is 9.97 Å². The topological polar surface area (TPSA) is 54.7 Å². The number of aromatic amines is 1. The molecule has 1 aromatic heterocycles. The van der Waals surface area contributed by atoms with E-state index in [9.17, 15) is 0 Å². The molecule has 0 fully saturated rings. The fourth-order valence-corrected chi connectivity index (χ4v) is 1.77. The SMILES string of the molecule is CC(C)CC(N)c1nc2ccccc2[nH]1. The molecule has 0 saturated carbocycles. The number of nitrogens with two attached hydrogens (primary N) is 1. The van der Waals surface area contributed by atoms with Gasteiger partial charge in [-0.25, -0.2) is 4.98 Å². The molecular formula is C12H17N3. The number of aromatic nitrogens is 2. The molecule has 3 heteroatoms. The van der Waals surface area contributed by atoms with Gasteiger partial charge in [-0.15, -0.1) is 0 Å². The highest BCUT2D eigenvalue weighted by atomic mass is 15.0. The van der Waals surface area contributed by atoms with E-state index in [4.69, 9.17) is 5.73 Å². The van der Waals surface area contributed by atoms with Crippen molar-refractivity contribution in [3.8, 4) is 0 Å². The van der Waals surface area contributed by atoms with Gasteiger partial charge in [0.05, 0.1) is 17.1 Å². The fourth-order valence-electron chi connectivity index (χ4n) is 1.77. The lowest BCUT2D eigenvalue weighted by molar-refractivity contribution is 0.496. The molecule has 2 rings (SSSR count). The van der Waals surface area contributed by atoms with Crippen molar-refractivity contribution in [2.45, 2.75) is 26.3 Å². The summed E-state index contributed by atoms with van der Waals surface area (Å²) in [7, 11) is 0. The summed E-state index contributed by atoms with van der Waals surface area (Å²) in [6.07, 6.45) is 0.958. The van der Waals surface area contributed by atoms with Gasteiger partial charge in [-0.2, -0.15) is 0 Å². The van der Waals surface area contributed by atoms with Crippen molar-refractivity contribution in [2.24, 2.45) is 11.7 Å². The summed E-state index contributed by atoms with van der Waals surface area (Å²) in [6.45, 7) is 4.34. The number of fused-ring (bicyclic) bond motifs is 1. The summed E-state index contributed by atoms with van der Waals surface area (Å²) >= 11 is 0. The van der Waals surface area contributed by atoms with Crippen LogP contribution < -0.4 is 5.73 Å². The number of benzene rings is 1. The number of nitrogens with zero attached hydrogens (tertiary/aromatic N) is 1. The number of nitrogens with one attached hydrogen (secondary N) is 1. The zero-order chi connectivity index (χ0) is 10.8. The van der Waals surface area contributed by atoms with Gasteiger partial charge < -0.3 is 10.7 Å². The van der Waals surface area contributed by atoms with Crippen molar-refractivity contribution in [3.63, 3.8) is 0 Å². The van der Waals surface area contributed by atoms with Gasteiger partial charge in [0.2, 0.25) is 0 Å². The van der Waals surface area contributed by atoms with Crippen LogP contribution in [0.4, 0.5) is 0 Å². The summed E-state index contributed by atoms with van der Waals surface area (Å²) in [4.78, 5) is 7.75. The lowest BCUT2D eigenvalue weighted by atomic mass is 10.0. The Labute approximate surface area is 89.7 Å². The Hall–Kier alpha value is -1.35. The molecule has 80 valence electrons. The van der Waals surface area contributed by atoms with Gasteiger partial charge in [-0.05, 0) is 24.5 Å². The van der Waals surface area contributed by atoms with Crippen LogP contribution in [0.1, 0.15) is 32.1 Å². The standard InChI is InChI=1S/C12H17N3/c1-8(2)7-9(13)12-14-10-5-3-4-6-11(10)15-12/h3-6,8-9H,7,13H2,1-2H3,(H,14,15). The highest BCUT2D eigenvalue weighted by Gasteiger charge is 2.12. The van der Waals surface area contributed by atoms with Gasteiger partial charge >= 0.3 is 0 Å². The molecule has 3 N–H and O–H groups in total. The first-order valence-electron chi connectivity index (χ1n) is 5.37. The van der Waals surface area contributed by atoms with E-state index in [1.54, 1.807) is 0 Å². The molecule has 0 saturated heterocycles. The minimum absolute atomic E-state index is 0.0115. The Morgan fingerprint density at radius 2 is 2.07 bits per heavy atom. The van der Waals surface area contributed by atoms with Crippen molar-refractivity contribution < 1.29 is 0 Å². The fraction of sp³-hybridized carbons (Fsp3) is 0.417. The van der Waals surface area contributed by atoms with Crippen LogP contribution in [0, 0.1) is 5.92 Å². The number of hydrogen-bond donors (Lipinski definition) is 2. The lowest BCUT2D eigenvalue weighted by Gasteiger charge is -2.10. The van der Waals surface area contributed by atoms with Crippen molar-refractivity contribution in [1.82, 2.24) is 9.97 Å². The molecular weight excluding hydrogens is 186 g/mol. The summed E-state index contributed by atoms with van der Waals surface area (Å²) in [5, 5.41) is 0. The van der Waals surface area contributed by atoms with E-state index in [1.807, 2.05) is 24.3 Å². The quantitative estimate of drug-likeness (QED) is 0.805. The molecule has 0 aliphatic carbocycles. The second-order valence-corrected chi connectivity index (χ2v) is 4.38. The molecule has 1 unspecified atom stereocenters. The third-order valence-electron chi connectivity index (χ3n) is 2.48. The molecule has 2 aromatic rings. The van der Waals surface area contributed by atoms with Crippen LogP contribution in [0.25, 0.3) is 11.0 Å². The van der Waals surface area contributed by atoms with E-state index in [0.29, 0.717) is 5.92 Å². The van der Waals surface area contributed by atoms with Crippen molar-refractivity contribution in [1.29, 1.82) is 0 Å². The third kappa shape index (κ3) is 2.18. The average Bonchev–Trinajstić information content (AvgIpc) is 2.59. The highest BCUT2D eigenvalue weighted by molar-refractivity contribution is 5.74. The number of H-pyrrole nitrogens is 1. The Bertz CT molecular complexity index is 412. The second kappa shape index (κ2) is 4.03. The average molecular weight is 203 g/mol. The second-order valence-electron chi connectivity index (χ2n) is 4.38. The number of imidazole rings is 1. The van der Waals surface area contributed by atoms with Gasteiger partial charge in [0.15, 0.2) is 0 Å². The van der Waals surface area contributed by atoms with E-state index in [-0.39, 0.29) is 6.04 Å². The molecule has 3 nitrogen and oxygen atoms in total. The molecule has 1 aromatic carbocycles. The zero-order valence-electron chi connectivity index (χ0n) is 9.20. The summed E-state index contributed by atoms with van der Waals surface area (Å²) in [5.74, 6) is 1.48. The minimum atomic E-state index is 0.0115. The predicted octanol–water partition coefficient (Wildman–Crippen LogP) is 2.61. The maximum Gasteiger partial charge on any atom is 0.124 e. The largest absolute Gasteiger partial charge is 0.341 e. The molecule has 0 spiro atoms. The lowest BCUT2D eigenvalue weighted by Crippen LogP contribution is -2.14. The molecule has 1 atom stereocenters. The van der Waals surface area contributed by atoms with Crippen LogP contribution in [0.5, 0.6) is 0 Å². The maximum absolute atomic E-state index is 6.07. The monoisotopic (exact) mass is 203 g/mol. The Morgan fingerprint density at radius 1 is 1.33 bits per heavy atom. The molecule has 0 amide bonds. The first kappa shape index (κ1) is 10.2. The van der Waals surface area contributed by atoms with Gasteiger partial charge in [0, 0.05) is 0 Å². The smallest absolute Gasteiger partial charge is 0.124 e. The number of para-hydroxylation sites is 2. The molecule has 0 radical (unpaired) electrons. The number of hydrogen-bond acceptors (Lipinski definition) is 2. The van der Waals surface area contributed by atoms with Crippen molar-refractivity contribution >= 4 is 11.0 Å². The summed E-state index contributed by atoms with van der Waals surface area (Å²) < 4.78 is 0. The van der Waals surface area contributed by atoms with Crippen LogP contribution in [0.15, 0.2) is 24.3 Å². The first-order valence-corrected chi connectivity index (χ1v) is 5.37. The molecule has 0 aliphatic heterocycles. The molecule has 0 bridgehead atoms. The van der Waals surface area contributed by atoms with E-state index in [2.05, 4.69) is 23.8 Å². The normalized spacial score (nSPS) is 13.6. The van der Waals surface area contributed by atoms with E-state index >= 15 is 0 Å². The minimum Gasteiger partial charge on any atom is -0.341 e. The van der Waals surface area contributed by atoms with E-state index in [1.165, 1.54) is 0 Å². The van der Waals surface area contributed by atoms with E-state index in [0.717, 1.165) is 23.3 Å². The Kier molecular flexibility index (Phi) is 2.73. The van der Waals surface area contributed by atoms with Crippen LogP contribution in [0.2, 0.25) is 0 Å². The molecule has 0 aliphatic rings. The van der Waals surface area contributed by atoms with Gasteiger partial charge in [-0.3, -0.25) is 0 Å². The van der Waals surface area contributed by atoms with Crippen molar-refractivity contribution in [2.75, 3.05) is 0 Å². The summed E-state index contributed by atoms with van der Waals surface area (Å²) in [6, 6.07) is 8.02. The first-order chi connectivity index (χ1) is 7.16.